The molecule has 0 radical (unpaired) electrons. The highest BCUT2D eigenvalue weighted by atomic mass is 35.5. The van der Waals surface area contributed by atoms with E-state index in [0.29, 0.717) is 16.2 Å². The number of carbonyl (C=O) groups is 1. The highest BCUT2D eigenvalue weighted by Crippen LogP contribution is 2.37. The van der Waals surface area contributed by atoms with Gasteiger partial charge >= 0.3 is 13.2 Å². The third kappa shape index (κ3) is 4.24. The Morgan fingerprint density at radius 1 is 1.17 bits per heavy atom. The fraction of sp³-hybridized carbons (Fsp3) is 0.588. The molecule has 1 aromatic rings. The van der Waals surface area contributed by atoms with Crippen LogP contribution < -0.4 is 10.8 Å². The summed E-state index contributed by atoms with van der Waals surface area (Å²) in [6.45, 7) is 13.3. The summed E-state index contributed by atoms with van der Waals surface area (Å²) in [5, 5.41) is 3.28. The number of nitrogens with one attached hydrogen (secondary N) is 1. The number of amides is 1. The summed E-state index contributed by atoms with van der Waals surface area (Å²) in [4.78, 5) is 12.1. The van der Waals surface area contributed by atoms with Crippen molar-refractivity contribution in [1.29, 1.82) is 0 Å². The molecule has 0 saturated carbocycles. The summed E-state index contributed by atoms with van der Waals surface area (Å²) in [5.41, 5.74) is -0.341. The lowest BCUT2D eigenvalue weighted by molar-refractivity contribution is 0.00578. The zero-order valence-electron chi connectivity index (χ0n) is 15.3. The van der Waals surface area contributed by atoms with E-state index in [1.807, 2.05) is 48.5 Å². The zero-order valence-corrected chi connectivity index (χ0v) is 16.1. The van der Waals surface area contributed by atoms with Crippen LogP contribution in [0.5, 0.6) is 0 Å². The van der Waals surface area contributed by atoms with Gasteiger partial charge in [0.15, 0.2) is 0 Å². The van der Waals surface area contributed by atoms with Crippen molar-refractivity contribution >= 4 is 36.0 Å². The number of hydrogen-bond acceptors (Lipinski definition) is 4. The summed E-state index contributed by atoms with van der Waals surface area (Å²) < 4.78 is 17.4. The highest BCUT2D eigenvalue weighted by molar-refractivity contribution is 6.64. The van der Waals surface area contributed by atoms with Gasteiger partial charge in [-0.2, -0.15) is 0 Å². The van der Waals surface area contributed by atoms with Crippen LogP contribution in [0.2, 0.25) is 5.02 Å². The Hall–Kier alpha value is -1.24. The molecular weight excluding hydrogens is 328 g/mol. The van der Waals surface area contributed by atoms with Crippen LogP contribution in [0.25, 0.3) is 0 Å². The van der Waals surface area contributed by atoms with Crippen molar-refractivity contribution in [1.82, 2.24) is 0 Å². The fourth-order valence-corrected chi connectivity index (χ4v) is 2.41. The number of ether oxygens (including phenoxy) is 1. The highest BCUT2D eigenvalue weighted by Gasteiger charge is 2.52. The SMILES string of the molecule is CC(C)(C)OC(=O)Nc1ccc(Cl)cc1B1OC(C)(C)C(C)(C)O1. The molecule has 1 heterocycles. The van der Waals surface area contributed by atoms with Crippen molar-refractivity contribution < 1.29 is 18.8 Å². The van der Waals surface area contributed by atoms with E-state index in [1.165, 1.54) is 0 Å². The largest absolute Gasteiger partial charge is 0.497 e. The first-order valence-corrected chi connectivity index (χ1v) is 8.34. The Morgan fingerprint density at radius 2 is 1.71 bits per heavy atom. The first kappa shape index (κ1) is 19.1. The lowest BCUT2D eigenvalue weighted by Gasteiger charge is -2.32. The third-order valence-electron chi connectivity index (χ3n) is 4.16. The summed E-state index contributed by atoms with van der Waals surface area (Å²) in [6.07, 6.45) is -0.539. The quantitative estimate of drug-likeness (QED) is 0.817. The molecule has 24 heavy (non-hydrogen) atoms. The van der Waals surface area contributed by atoms with Gasteiger partial charge in [-0.3, -0.25) is 5.32 Å². The minimum atomic E-state index is -0.626. The molecule has 1 amide bonds. The van der Waals surface area contributed by atoms with Gasteiger partial charge in [0.2, 0.25) is 0 Å². The number of halogens is 1. The molecule has 0 spiro atoms. The van der Waals surface area contributed by atoms with E-state index < -0.39 is 30.0 Å². The van der Waals surface area contributed by atoms with Crippen molar-refractivity contribution in [2.45, 2.75) is 65.3 Å². The number of anilines is 1. The maximum atomic E-state index is 12.1. The van der Waals surface area contributed by atoms with E-state index in [-0.39, 0.29) is 0 Å². The average Bonchev–Trinajstić information content (AvgIpc) is 2.58. The molecule has 1 saturated heterocycles. The van der Waals surface area contributed by atoms with Gasteiger partial charge in [-0.25, -0.2) is 4.79 Å². The zero-order chi connectivity index (χ0) is 18.3. The van der Waals surface area contributed by atoms with Crippen LogP contribution in [0.4, 0.5) is 10.5 Å². The molecule has 7 heteroatoms. The second-order valence-electron chi connectivity index (χ2n) is 7.95. The van der Waals surface area contributed by atoms with E-state index in [1.54, 1.807) is 18.2 Å². The minimum absolute atomic E-state index is 0.483. The summed E-state index contributed by atoms with van der Waals surface area (Å²) in [5.74, 6) is 0. The molecule has 2 rings (SSSR count). The van der Waals surface area contributed by atoms with Crippen molar-refractivity contribution in [2.75, 3.05) is 5.32 Å². The monoisotopic (exact) mass is 353 g/mol. The molecule has 1 aliphatic rings. The maximum absolute atomic E-state index is 12.1. The molecule has 0 aliphatic carbocycles. The molecule has 1 fully saturated rings. The number of benzene rings is 1. The second kappa shape index (κ2) is 6.25. The Kier molecular flexibility index (Phi) is 4.97. The molecular formula is C17H25BClNO4. The fourth-order valence-electron chi connectivity index (χ4n) is 2.23. The minimum Gasteiger partial charge on any atom is -0.444 e. The molecule has 0 bridgehead atoms. The molecule has 132 valence electrons. The van der Waals surface area contributed by atoms with Gasteiger partial charge in [-0.05, 0) is 66.7 Å². The van der Waals surface area contributed by atoms with Crippen LogP contribution in [0.3, 0.4) is 0 Å². The van der Waals surface area contributed by atoms with E-state index in [2.05, 4.69) is 5.32 Å². The maximum Gasteiger partial charge on any atom is 0.497 e. The van der Waals surface area contributed by atoms with E-state index in [4.69, 9.17) is 25.6 Å². The third-order valence-corrected chi connectivity index (χ3v) is 4.39. The lowest BCUT2D eigenvalue weighted by atomic mass is 9.78. The summed E-state index contributed by atoms with van der Waals surface area (Å²) in [6, 6.07) is 5.14. The van der Waals surface area contributed by atoms with Crippen LogP contribution in [0, 0.1) is 0 Å². The van der Waals surface area contributed by atoms with Crippen LogP contribution >= 0.6 is 11.6 Å². The van der Waals surface area contributed by atoms with Gasteiger partial charge in [0, 0.05) is 16.2 Å². The van der Waals surface area contributed by atoms with Gasteiger partial charge < -0.3 is 14.0 Å². The summed E-state index contributed by atoms with van der Waals surface area (Å²) >= 11 is 6.13. The predicted molar refractivity (Wildman–Crippen MR) is 97.0 cm³/mol. The van der Waals surface area contributed by atoms with Crippen molar-refractivity contribution in [3.05, 3.63) is 23.2 Å². The number of hydrogen-bond donors (Lipinski definition) is 1. The Balaban J connectivity index is 2.28. The Bertz CT molecular complexity index is 624. The van der Waals surface area contributed by atoms with Gasteiger partial charge in [-0.15, -0.1) is 0 Å². The van der Waals surface area contributed by atoms with Crippen LogP contribution in [0.15, 0.2) is 18.2 Å². The molecule has 1 aromatic carbocycles. The smallest absolute Gasteiger partial charge is 0.444 e. The van der Waals surface area contributed by atoms with Crippen molar-refractivity contribution in [3.63, 3.8) is 0 Å². The molecule has 0 atom stereocenters. The second-order valence-corrected chi connectivity index (χ2v) is 8.38. The van der Waals surface area contributed by atoms with E-state index in [9.17, 15) is 4.79 Å². The molecule has 1 aliphatic heterocycles. The number of rotatable bonds is 2. The molecule has 5 nitrogen and oxygen atoms in total. The van der Waals surface area contributed by atoms with E-state index >= 15 is 0 Å². The van der Waals surface area contributed by atoms with E-state index in [0.717, 1.165) is 0 Å². The molecule has 0 aromatic heterocycles. The van der Waals surface area contributed by atoms with Crippen molar-refractivity contribution in [2.24, 2.45) is 0 Å². The number of carbonyl (C=O) groups excluding carboxylic acids is 1. The van der Waals surface area contributed by atoms with Gasteiger partial charge in [-0.1, -0.05) is 11.6 Å². The lowest BCUT2D eigenvalue weighted by Crippen LogP contribution is -2.41. The van der Waals surface area contributed by atoms with Gasteiger partial charge in [0.1, 0.15) is 5.60 Å². The normalized spacial score (nSPS) is 19.2. The molecule has 1 N–H and O–H groups in total. The topological polar surface area (TPSA) is 56.8 Å². The van der Waals surface area contributed by atoms with Gasteiger partial charge in [0.05, 0.1) is 11.2 Å². The average molecular weight is 354 g/mol. The molecule has 0 unspecified atom stereocenters. The van der Waals surface area contributed by atoms with Crippen LogP contribution in [-0.4, -0.2) is 30.0 Å². The van der Waals surface area contributed by atoms with Crippen LogP contribution in [-0.2, 0) is 14.0 Å². The Labute approximate surface area is 149 Å². The summed E-state index contributed by atoms with van der Waals surface area (Å²) in [7, 11) is -0.626. The standard InChI is InChI=1S/C17H25BClNO4/c1-15(2,3)22-14(21)20-13-9-8-11(19)10-12(13)18-23-16(4,5)17(6,7)24-18/h8-10H,1-7H3,(H,20,21). The first-order chi connectivity index (χ1) is 10.8. The Morgan fingerprint density at radius 3 is 2.21 bits per heavy atom. The predicted octanol–water partition coefficient (Wildman–Crippen LogP) is 3.99. The van der Waals surface area contributed by atoms with Crippen LogP contribution in [0.1, 0.15) is 48.5 Å². The van der Waals surface area contributed by atoms with Gasteiger partial charge in [0.25, 0.3) is 0 Å². The van der Waals surface area contributed by atoms with Crippen molar-refractivity contribution in [3.8, 4) is 0 Å². The first-order valence-electron chi connectivity index (χ1n) is 7.96.